The van der Waals surface area contributed by atoms with Crippen LogP contribution < -0.4 is 9.57 Å². The van der Waals surface area contributed by atoms with Crippen LogP contribution in [0.15, 0.2) is 58.5 Å². The first-order chi connectivity index (χ1) is 10.9. The molecule has 1 N–H and O–H groups in total. The van der Waals surface area contributed by atoms with E-state index in [0.717, 1.165) is 6.21 Å². The Hall–Kier alpha value is -2.41. The Kier molecular flexibility index (Phi) is 5.33. The van der Waals surface area contributed by atoms with Crippen LogP contribution in [0.2, 0.25) is 0 Å². The zero-order chi connectivity index (χ0) is 16.9. The fraction of sp³-hybridized carbons (Fsp3) is 0.188. The third kappa shape index (κ3) is 4.79. The van der Waals surface area contributed by atoms with Crippen LogP contribution in [0.4, 0.5) is 4.39 Å². The molecule has 0 bridgehead atoms. The number of ether oxygens (including phenoxy) is 1. The lowest BCUT2D eigenvalue weighted by atomic mass is 10.2. The molecule has 0 radical (unpaired) electrons. The highest BCUT2D eigenvalue weighted by Gasteiger charge is 2.12. The normalized spacial score (nSPS) is 11.8. The van der Waals surface area contributed by atoms with Crippen LogP contribution in [0, 0.1) is 5.82 Å². The van der Waals surface area contributed by atoms with Crippen LogP contribution in [-0.4, -0.2) is 20.7 Å². The molecule has 0 aliphatic carbocycles. The van der Waals surface area contributed by atoms with Crippen molar-refractivity contribution in [3.63, 3.8) is 0 Å². The summed E-state index contributed by atoms with van der Waals surface area (Å²) in [7, 11) is -3.81. The van der Waals surface area contributed by atoms with Crippen molar-refractivity contribution in [3.8, 4) is 5.75 Å². The molecule has 0 heterocycles. The minimum absolute atomic E-state index is 0.000881. The number of sulfonamides is 1. The molecular weight excluding hydrogens is 319 g/mol. The second kappa shape index (κ2) is 7.23. The van der Waals surface area contributed by atoms with Crippen molar-refractivity contribution in [3.05, 3.63) is 59.9 Å². The molecule has 0 amide bonds. The molecule has 23 heavy (non-hydrogen) atoms. The Balaban J connectivity index is 2.08. The fourth-order valence-corrected chi connectivity index (χ4v) is 2.56. The number of hydrazone groups is 1. The second-order valence-corrected chi connectivity index (χ2v) is 6.67. The number of rotatable bonds is 6. The summed E-state index contributed by atoms with van der Waals surface area (Å²) in [5.41, 5.74) is 0.191. The van der Waals surface area contributed by atoms with Crippen molar-refractivity contribution in [2.45, 2.75) is 24.8 Å². The quantitative estimate of drug-likeness (QED) is 0.651. The van der Waals surface area contributed by atoms with Gasteiger partial charge in [-0.1, -0.05) is 18.2 Å². The lowest BCUT2D eigenvalue weighted by Gasteiger charge is -2.10. The molecule has 0 saturated carbocycles. The summed E-state index contributed by atoms with van der Waals surface area (Å²) < 4.78 is 43.0. The minimum Gasteiger partial charge on any atom is -0.491 e. The molecule has 0 fully saturated rings. The van der Waals surface area contributed by atoms with Gasteiger partial charge in [0.05, 0.1) is 17.2 Å². The van der Waals surface area contributed by atoms with Crippen molar-refractivity contribution in [1.82, 2.24) is 4.83 Å². The average molecular weight is 336 g/mol. The van der Waals surface area contributed by atoms with E-state index in [-0.39, 0.29) is 16.6 Å². The summed E-state index contributed by atoms with van der Waals surface area (Å²) in [6, 6.07) is 11.9. The highest BCUT2D eigenvalue weighted by Crippen LogP contribution is 2.17. The molecule has 2 rings (SSSR count). The fourth-order valence-electron chi connectivity index (χ4n) is 1.77. The second-order valence-electron chi connectivity index (χ2n) is 5.01. The van der Waals surface area contributed by atoms with Crippen LogP contribution in [-0.2, 0) is 10.0 Å². The molecule has 0 saturated heterocycles. The summed E-state index contributed by atoms with van der Waals surface area (Å²) in [6.45, 7) is 3.76. The molecule has 7 heteroatoms. The summed E-state index contributed by atoms with van der Waals surface area (Å²) in [4.78, 5) is 2.09. The maximum atomic E-state index is 13.4. The van der Waals surface area contributed by atoms with E-state index in [0.29, 0.717) is 5.75 Å². The number of benzene rings is 2. The monoisotopic (exact) mass is 336 g/mol. The van der Waals surface area contributed by atoms with Crippen molar-refractivity contribution >= 4 is 16.2 Å². The van der Waals surface area contributed by atoms with Gasteiger partial charge in [-0.15, -0.1) is 0 Å². The molecule has 5 nitrogen and oxygen atoms in total. The first-order valence-electron chi connectivity index (χ1n) is 6.94. The zero-order valence-electron chi connectivity index (χ0n) is 12.7. The molecular formula is C16H17FN2O3S. The summed E-state index contributed by atoms with van der Waals surface area (Å²) >= 11 is 0. The van der Waals surface area contributed by atoms with Gasteiger partial charge in [0.2, 0.25) is 0 Å². The van der Waals surface area contributed by atoms with E-state index in [4.69, 9.17) is 4.74 Å². The van der Waals surface area contributed by atoms with Crippen LogP contribution >= 0.6 is 0 Å². The van der Waals surface area contributed by atoms with Gasteiger partial charge < -0.3 is 4.74 Å². The van der Waals surface area contributed by atoms with E-state index < -0.39 is 15.8 Å². The number of nitrogens with zero attached hydrogens (tertiary/aromatic N) is 1. The van der Waals surface area contributed by atoms with Crippen molar-refractivity contribution in [2.75, 3.05) is 0 Å². The minimum atomic E-state index is -3.81. The smallest absolute Gasteiger partial charge is 0.276 e. The van der Waals surface area contributed by atoms with Gasteiger partial charge in [-0.2, -0.15) is 13.5 Å². The summed E-state index contributed by atoms with van der Waals surface area (Å²) in [5, 5.41) is 3.59. The first kappa shape index (κ1) is 17.0. The van der Waals surface area contributed by atoms with Crippen molar-refractivity contribution in [2.24, 2.45) is 5.10 Å². The topological polar surface area (TPSA) is 67.8 Å². The molecule has 0 aromatic heterocycles. The van der Waals surface area contributed by atoms with Crippen LogP contribution in [0.1, 0.15) is 19.4 Å². The third-order valence-corrected chi connectivity index (χ3v) is 4.03. The van der Waals surface area contributed by atoms with Gasteiger partial charge in [-0.25, -0.2) is 9.22 Å². The predicted molar refractivity (Wildman–Crippen MR) is 86.5 cm³/mol. The lowest BCUT2D eigenvalue weighted by Crippen LogP contribution is -2.18. The maximum Gasteiger partial charge on any atom is 0.276 e. The van der Waals surface area contributed by atoms with Gasteiger partial charge in [-0.05, 0) is 44.2 Å². The number of hydrogen-bond acceptors (Lipinski definition) is 4. The van der Waals surface area contributed by atoms with E-state index in [1.807, 2.05) is 18.7 Å². The largest absolute Gasteiger partial charge is 0.491 e. The summed E-state index contributed by atoms with van der Waals surface area (Å²) in [5.74, 6) is 0.0967. The average Bonchev–Trinajstić information content (AvgIpc) is 2.49. The van der Waals surface area contributed by atoms with Crippen LogP contribution in [0.25, 0.3) is 0 Å². The number of nitrogens with one attached hydrogen (secondary N) is 1. The highest BCUT2D eigenvalue weighted by atomic mass is 32.2. The predicted octanol–water partition coefficient (Wildman–Crippen LogP) is 2.93. The van der Waals surface area contributed by atoms with E-state index in [1.54, 1.807) is 18.2 Å². The Morgan fingerprint density at radius 3 is 2.39 bits per heavy atom. The van der Waals surface area contributed by atoms with E-state index in [2.05, 4.69) is 5.10 Å². The van der Waals surface area contributed by atoms with Gasteiger partial charge in [0.1, 0.15) is 11.6 Å². The summed E-state index contributed by atoms with van der Waals surface area (Å²) in [6.07, 6.45) is 1.12. The number of hydrogen-bond donors (Lipinski definition) is 1. The molecule has 0 unspecified atom stereocenters. The van der Waals surface area contributed by atoms with Crippen molar-refractivity contribution in [1.29, 1.82) is 0 Å². The highest BCUT2D eigenvalue weighted by molar-refractivity contribution is 7.89. The van der Waals surface area contributed by atoms with Gasteiger partial charge in [0.25, 0.3) is 10.0 Å². The van der Waals surface area contributed by atoms with Gasteiger partial charge in [-0.3, -0.25) is 0 Å². The van der Waals surface area contributed by atoms with Gasteiger partial charge in [0, 0.05) is 5.56 Å². The third-order valence-electron chi connectivity index (χ3n) is 2.79. The Bertz CT molecular complexity index is 787. The molecule has 0 aliphatic heterocycles. The molecule has 0 spiro atoms. The van der Waals surface area contributed by atoms with E-state index in [1.165, 1.54) is 30.3 Å². The van der Waals surface area contributed by atoms with Crippen molar-refractivity contribution < 1.29 is 17.5 Å². The molecule has 2 aromatic carbocycles. The lowest BCUT2D eigenvalue weighted by molar-refractivity contribution is 0.242. The van der Waals surface area contributed by atoms with E-state index >= 15 is 0 Å². The van der Waals surface area contributed by atoms with Crippen LogP contribution in [0.5, 0.6) is 5.75 Å². The molecule has 2 aromatic rings. The van der Waals surface area contributed by atoms with Crippen LogP contribution in [0.3, 0.4) is 0 Å². The molecule has 0 aliphatic rings. The maximum absolute atomic E-state index is 13.4. The van der Waals surface area contributed by atoms with E-state index in [9.17, 15) is 12.8 Å². The Morgan fingerprint density at radius 2 is 1.78 bits per heavy atom. The number of halogens is 1. The SMILES string of the molecule is CC(C)Oc1ccc(S(=O)(=O)N/N=C/c2ccccc2F)cc1. The standard InChI is InChI=1S/C16H17FN2O3S/c1-12(2)22-14-7-9-15(10-8-14)23(20,21)19-18-11-13-5-3-4-6-16(13)17/h3-12,19H,1-2H3/b18-11+. The Labute approximate surface area is 134 Å². The first-order valence-corrected chi connectivity index (χ1v) is 8.43. The van der Waals surface area contributed by atoms with Gasteiger partial charge >= 0.3 is 0 Å². The Morgan fingerprint density at radius 1 is 1.13 bits per heavy atom. The molecule has 122 valence electrons. The molecule has 0 atom stereocenters. The van der Waals surface area contributed by atoms with Gasteiger partial charge in [0.15, 0.2) is 0 Å². The zero-order valence-corrected chi connectivity index (χ0v) is 13.5.